The summed E-state index contributed by atoms with van der Waals surface area (Å²) < 4.78 is 0. The van der Waals surface area contributed by atoms with E-state index >= 15 is 0 Å². The first-order valence-electron chi connectivity index (χ1n) is 6.40. The number of carbonyl (C=O) groups is 1. The number of nitrogens with zero attached hydrogens (tertiary/aromatic N) is 1. The Hall–Kier alpha value is -1.99. The third-order valence-corrected chi connectivity index (χ3v) is 3.58. The number of carbonyl (C=O) groups excluding carboxylic acids is 1. The summed E-state index contributed by atoms with van der Waals surface area (Å²) >= 11 is 1.59. The number of rotatable bonds is 6. The lowest BCUT2D eigenvalue weighted by molar-refractivity contribution is -0.111. The van der Waals surface area contributed by atoms with Crippen molar-refractivity contribution in [1.29, 1.82) is 5.26 Å². The normalized spacial score (nSPS) is 12.4. The molecule has 1 rings (SSSR count). The van der Waals surface area contributed by atoms with Crippen molar-refractivity contribution in [2.24, 2.45) is 0 Å². The number of thioether (sulfide) groups is 1. The maximum absolute atomic E-state index is 11.8. The van der Waals surface area contributed by atoms with E-state index in [4.69, 9.17) is 5.26 Å². The lowest BCUT2D eigenvalue weighted by Gasteiger charge is -2.12. The standard InChI is InChI=1S/C16H18N2OS/c1-3-4-5-10-16(19)18-14-8-6-7-9-15(14)20-13(2)11-12-17/h3-10,13H,11H2,1-2H3,(H,18,19)/b4-3+,10-5+. The first kappa shape index (κ1) is 16.1. The molecule has 20 heavy (non-hydrogen) atoms. The second-order valence-electron chi connectivity index (χ2n) is 4.16. The van der Waals surface area contributed by atoms with Gasteiger partial charge in [-0.25, -0.2) is 0 Å². The van der Waals surface area contributed by atoms with E-state index in [-0.39, 0.29) is 11.2 Å². The molecule has 0 aliphatic carbocycles. The molecule has 1 aromatic carbocycles. The number of allylic oxidation sites excluding steroid dienone is 3. The Balaban J connectivity index is 2.75. The summed E-state index contributed by atoms with van der Waals surface area (Å²) in [5.41, 5.74) is 0.775. The van der Waals surface area contributed by atoms with Gasteiger partial charge in [-0.05, 0) is 19.1 Å². The molecule has 1 aromatic rings. The van der Waals surface area contributed by atoms with Crippen molar-refractivity contribution < 1.29 is 4.79 Å². The van der Waals surface area contributed by atoms with Gasteiger partial charge in [-0.3, -0.25) is 4.79 Å². The van der Waals surface area contributed by atoms with Crippen LogP contribution in [-0.4, -0.2) is 11.2 Å². The van der Waals surface area contributed by atoms with E-state index in [9.17, 15) is 4.79 Å². The van der Waals surface area contributed by atoms with Crippen LogP contribution in [0.25, 0.3) is 0 Å². The topological polar surface area (TPSA) is 52.9 Å². The Morgan fingerprint density at radius 1 is 1.45 bits per heavy atom. The zero-order valence-electron chi connectivity index (χ0n) is 11.7. The van der Waals surface area contributed by atoms with Crippen LogP contribution in [0.15, 0.2) is 53.5 Å². The minimum Gasteiger partial charge on any atom is -0.321 e. The van der Waals surface area contributed by atoms with Gasteiger partial charge in [0, 0.05) is 22.6 Å². The molecular formula is C16H18N2OS. The number of nitriles is 1. The van der Waals surface area contributed by atoms with Crippen molar-refractivity contribution in [2.45, 2.75) is 30.4 Å². The van der Waals surface area contributed by atoms with E-state index in [0.717, 1.165) is 10.6 Å². The molecule has 0 spiro atoms. The fourth-order valence-electron chi connectivity index (χ4n) is 1.49. The van der Waals surface area contributed by atoms with E-state index < -0.39 is 0 Å². The molecule has 0 bridgehead atoms. The summed E-state index contributed by atoms with van der Waals surface area (Å²) in [5.74, 6) is -0.163. The van der Waals surface area contributed by atoms with E-state index in [0.29, 0.717) is 6.42 Å². The molecule has 1 unspecified atom stereocenters. The molecule has 0 aromatic heterocycles. The highest BCUT2D eigenvalue weighted by atomic mass is 32.2. The molecule has 3 nitrogen and oxygen atoms in total. The van der Waals surface area contributed by atoms with Crippen molar-refractivity contribution in [2.75, 3.05) is 5.32 Å². The second kappa shape index (κ2) is 9.00. The molecule has 1 N–H and O–H groups in total. The average molecular weight is 286 g/mol. The number of para-hydroxylation sites is 1. The molecular weight excluding hydrogens is 268 g/mol. The summed E-state index contributed by atoms with van der Waals surface area (Å²) in [5, 5.41) is 11.7. The summed E-state index contributed by atoms with van der Waals surface area (Å²) in [6, 6.07) is 9.77. The Morgan fingerprint density at radius 2 is 2.20 bits per heavy atom. The number of nitrogens with one attached hydrogen (secondary N) is 1. The number of benzene rings is 1. The summed E-state index contributed by atoms with van der Waals surface area (Å²) in [6.45, 7) is 3.89. The highest BCUT2D eigenvalue weighted by Crippen LogP contribution is 2.31. The van der Waals surface area contributed by atoms with Crippen molar-refractivity contribution in [3.05, 3.63) is 48.6 Å². The first-order chi connectivity index (χ1) is 9.67. The molecule has 0 fully saturated rings. The number of hydrogen-bond donors (Lipinski definition) is 1. The zero-order chi connectivity index (χ0) is 14.8. The largest absolute Gasteiger partial charge is 0.321 e. The van der Waals surface area contributed by atoms with Crippen LogP contribution in [-0.2, 0) is 4.79 Å². The fourth-order valence-corrected chi connectivity index (χ4v) is 2.48. The van der Waals surface area contributed by atoms with Crippen LogP contribution in [0.3, 0.4) is 0 Å². The molecule has 0 saturated carbocycles. The van der Waals surface area contributed by atoms with E-state index in [2.05, 4.69) is 11.4 Å². The third-order valence-electron chi connectivity index (χ3n) is 2.40. The van der Waals surface area contributed by atoms with Gasteiger partial charge in [-0.2, -0.15) is 5.26 Å². The summed E-state index contributed by atoms with van der Waals surface area (Å²) in [4.78, 5) is 12.7. The number of amides is 1. The zero-order valence-corrected chi connectivity index (χ0v) is 12.5. The predicted molar refractivity (Wildman–Crippen MR) is 84.6 cm³/mol. The molecule has 0 aliphatic heterocycles. The molecule has 1 atom stereocenters. The van der Waals surface area contributed by atoms with Gasteiger partial charge in [-0.15, -0.1) is 11.8 Å². The summed E-state index contributed by atoms with van der Waals surface area (Å²) in [7, 11) is 0. The molecule has 104 valence electrons. The van der Waals surface area contributed by atoms with Gasteiger partial charge in [-0.1, -0.05) is 37.3 Å². The average Bonchev–Trinajstić information content (AvgIpc) is 2.41. The van der Waals surface area contributed by atoms with E-state index in [1.54, 1.807) is 23.9 Å². The van der Waals surface area contributed by atoms with Crippen LogP contribution in [0.1, 0.15) is 20.3 Å². The van der Waals surface area contributed by atoms with Crippen LogP contribution in [0.4, 0.5) is 5.69 Å². The van der Waals surface area contributed by atoms with E-state index in [1.165, 1.54) is 6.08 Å². The Labute approximate surface area is 124 Å². The van der Waals surface area contributed by atoms with Gasteiger partial charge in [0.1, 0.15) is 0 Å². The van der Waals surface area contributed by atoms with Crippen LogP contribution in [0.2, 0.25) is 0 Å². The van der Waals surface area contributed by atoms with Crippen molar-refractivity contribution in [1.82, 2.24) is 0 Å². The van der Waals surface area contributed by atoms with Gasteiger partial charge in [0.05, 0.1) is 11.8 Å². The second-order valence-corrected chi connectivity index (χ2v) is 5.64. The molecule has 0 radical (unpaired) electrons. The van der Waals surface area contributed by atoms with Gasteiger partial charge >= 0.3 is 0 Å². The highest BCUT2D eigenvalue weighted by molar-refractivity contribution is 8.00. The number of anilines is 1. The fraction of sp³-hybridized carbons (Fsp3) is 0.250. The smallest absolute Gasteiger partial charge is 0.248 e. The van der Waals surface area contributed by atoms with Gasteiger partial charge in [0.25, 0.3) is 0 Å². The van der Waals surface area contributed by atoms with Crippen LogP contribution in [0.5, 0.6) is 0 Å². The maximum Gasteiger partial charge on any atom is 0.248 e. The Kier molecular flexibility index (Phi) is 7.23. The van der Waals surface area contributed by atoms with Gasteiger partial charge in [0.2, 0.25) is 5.91 Å². The van der Waals surface area contributed by atoms with Crippen molar-refractivity contribution >= 4 is 23.4 Å². The van der Waals surface area contributed by atoms with Gasteiger partial charge < -0.3 is 5.32 Å². The maximum atomic E-state index is 11.8. The SMILES string of the molecule is C/C=C/C=C/C(=O)Nc1ccccc1SC(C)CC#N. The minimum atomic E-state index is -0.163. The minimum absolute atomic E-state index is 0.163. The van der Waals surface area contributed by atoms with Gasteiger partial charge in [0.15, 0.2) is 0 Å². The molecule has 0 heterocycles. The first-order valence-corrected chi connectivity index (χ1v) is 7.28. The Morgan fingerprint density at radius 3 is 2.90 bits per heavy atom. The monoisotopic (exact) mass is 286 g/mol. The molecule has 1 amide bonds. The summed E-state index contributed by atoms with van der Waals surface area (Å²) in [6.07, 6.45) is 7.32. The number of hydrogen-bond acceptors (Lipinski definition) is 3. The lowest BCUT2D eigenvalue weighted by Crippen LogP contribution is -2.09. The van der Waals surface area contributed by atoms with Crippen LogP contribution < -0.4 is 5.32 Å². The lowest BCUT2D eigenvalue weighted by atomic mass is 10.3. The predicted octanol–water partition coefficient (Wildman–Crippen LogP) is 4.15. The quantitative estimate of drug-likeness (QED) is 0.485. The molecule has 0 saturated heterocycles. The Bertz CT molecular complexity index is 544. The third kappa shape index (κ3) is 5.77. The van der Waals surface area contributed by atoms with E-state index in [1.807, 2.05) is 44.2 Å². The van der Waals surface area contributed by atoms with Crippen LogP contribution in [0, 0.1) is 11.3 Å². The molecule has 0 aliphatic rings. The van der Waals surface area contributed by atoms with Crippen LogP contribution >= 0.6 is 11.8 Å². The highest BCUT2D eigenvalue weighted by Gasteiger charge is 2.09. The van der Waals surface area contributed by atoms with Crippen molar-refractivity contribution in [3.8, 4) is 6.07 Å². The molecule has 4 heteroatoms. The van der Waals surface area contributed by atoms with Crippen molar-refractivity contribution in [3.63, 3.8) is 0 Å².